The Labute approximate surface area is 106 Å². The number of anilines is 1. The number of nitrogens with zero attached hydrogens (tertiary/aromatic N) is 3. The van der Waals surface area contributed by atoms with Gasteiger partial charge >= 0.3 is 0 Å². The second-order valence-electron chi connectivity index (χ2n) is 4.17. The summed E-state index contributed by atoms with van der Waals surface area (Å²) in [6, 6.07) is 0. The van der Waals surface area contributed by atoms with Gasteiger partial charge in [0.1, 0.15) is 5.01 Å². The van der Waals surface area contributed by atoms with Crippen LogP contribution in [0, 0.1) is 0 Å². The van der Waals surface area contributed by atoms with Crippen LogP contribution in [0.4, 0.5) is 5.13 Å². The number of morpholine rings is 1. The lowest BCUT2D eigenvalue weighted by atomic mass is 10.2. The SMILES string of the molecule is CCNc1nnc(CN2CCOC(CC)C2)s1. The molecule has 1 atom stereocenters. The molecule has 2 heterocycles. The van der Waals surface area contributed by atoms with Gasteiger partial charge in [-0.25, -0.2) is 0 Å². The Morgan fingerprint density at radius 1 is 1.47 bits per heavy atom. The maximum absolute atomic E-state index is 5.65. The van der Waals surface area contributed by atoms with Crippen LogP contribution in [0.5, 0.6) is 0 Å². The summed E-state index contributed by atoms with van der Waals surface area (Å²) in [7, 11) is 0. The Morgan fingerprint density at radius 3 is 3.12 bits per heavy atom. The van der Waals surface area contributed by atoms with Gasteiger partial charge < -0.3 is 10.1 Å². The molecular weight excluding hydrogens is 236 g/mol. The molecule has 5 nitrogen and oxygen atoms in total. The molecule has 2 rings (SSSR count). The summed E-state index contributed by atoms with van der Waals surface area (Å²) in [4.78, 5) is 2.40. The molecule has 1 unspecified atom stereocenters. The Hall–Kier alpha value is -0.720. The summed E-state index contributed by atoms with van der Waals surface area (Å²) in [5.74, 6) is 0. The van der Waals surface area contributed by atoms with Crippen LogP contribution in [0.3, 0.4) is 0 Å². The number of ether oxygens (including phenoxy) is 1. The average molecular weight is 256 g/mol. The lowest BCUT2D eigenvalue weighted by Crippen LogP contribution is -2.41. The van der Waals surface area contributed by atoms with Crippen LogP contribution < -0.4 is 5.32 Å². The Balaban J connectivity index is 1.86. The van der Waals surface area contributed by atoms with Gasteiger partial charge in [0, 0.05) is 19.6 Å². The van der Waals surface area contributed by atoms with Gasteiger partial charge in [-0.15, -0.1) is 10.2 Å². The minimum absolute atomic E-state index is 0.380. The van der Waals surface area contributed by atoms with Crippen molar-refractivity contribution in [2.24, 2.45) is 0 Å². The molecule has 1 fully saturated rings. The highest BCUT2D eigenvalue weighted by atomic mass is 32.1. The second-order valence-corrected chi connectivity index (χ2v) is 5.23. The van der Waals surface area contributed by atoms with Gasteiger partial charge in [-0.3, -0.25) is 4.90 Å². The van der Waals surface area contributed by atoms with Gasteiger partial charge in [0.2, 0.25) is 5.13 Å². The van der Waals surface area contributed by atoms with Gasteiger partial charge in [-0.1, -0.05) is 18.3 Å². The number of rotatable bonds is 5. The third-order valence-corrected chi connectivity index (χ3v) is 3.70. The monoisotopic (exact) mass is 256 g/mol. The number of aromatic nitrogens is 2. The maximum Gasteiger partial charge on any atom is 0.205 e. The fourth-order valence-electron chi connectivity index (χ4n) is 1.90. The number of hydrogen-bond donors (Lipinski definition) is 1. The Bertz CT molecular complexity index is 344. The highest BCUT2D eigenvalue weighted by molar-refractivity contribution is 7.15. The topological polar surface area (TPSA) is 50.3 Å². The summed E-state index contributed by atoms with van der Waals surface area (Å²) >= 11 is 1.64. The van der Waals surface area contributed by atoms with E-state index in [0.717, 1.165) is 49.3 Å². The van der Waals surface area contributed by atoms with E-state index in [4.69, 9.17) is 4.74 Å². The standard InChI is InChI=1S/C11H20N4OS/c1-3-9-7-15(5-6-16-9)8-10-13-14-11(17-10)12-4-2/h9H,3-8H2,1-2H3,(H,12,14). The van der Waals surface area contributed by atoms with E-state index < -0.39 is 0 Å². The van der Waals surface area contributed by atoms with Gasteiger partial charge in [0.05, 0.1) is 19.3 Å². The zero-order valence-corrected chi connectivity index (χ0v) is 11.3. The van der Waals surface area contributed by atoms with Crippen molar-refractivity contribution >= 4 is 16.5 Å². The zero-order chi connectivity index (χ0) is 12.1. The third kappa shape index (κ3) is 3.62. The molecule has 0 radical (unpaired) electrons. The molecule has 6 heteroatoms. The maximum atomic E-state index is 5.65. The largest absolute Gasteiger partial charge is 0.376 e. The molecule has 1 aromatic heterocycles. The minimum atomic E-state index is 0.380. The molecule has 0 bridgehead atoms. The van der Waals surface area contributed by atoms with Crippen LogP contribution in [0.25, 0.3) is 0 Å². The van der Waals surface area contributed by atoms with Gasteiger partial charge in [-0.2, -0.15) is 0 Å². The fourth-order valence-corrected chi connectivity index (χ4v) is 2.75. The normalized spacial score (nSPS) is 21.6. The van der Waals surface area contributed by atoms with Crippen molar-refractivity contribution < 1.29 is 4.74 Å². The van der Waals surface area contributed by atoms with E-state index in [9.17, 15) is 0 Å². The highest BCUT2D eigenvalue weighted by Crippen LogP contribution is 2.18. The van der Waals surface area contributed by atoms with E-state index in [1.807, 2.05) is 0 Å². The molecular formula is C11H20N4OS. The van der Waals surface area contributed by atoms with Crippen molar-refractivity contribution in [3.63, 3.8) is 0 Å². The van der Waals surface area contributed by atoms with Crippen LogP contribution in [-0.4, -0.2) is 47.4 Å². The molecule has 0 aromatic carbocycles. The van der Waals surface area contributed by atoms with Gasteiger partial charge in [0.15, 0.2) is 0 Å². The molecule has 0 saturated carbocycles. The first-order chi connectivity index (χ1) is 8.31. The summed E-state index contributed by atoms with van der Waals surface area (Å²) in [5, 5.41) is 13.5. The van der Waals surface area contributed by atoms with E-state index >= 15 is 0 Å². The van der Waals surface area contributed by atoms with E-state index in [-0.39, 0.29) is 0 Å². The third-order valence-electron chi connectivity index (χ3n) is 2.83. The summed E-state index contributed by atoms with van der Waals surface area (Å²) in [5.41, 5.74) is 0. The highest BCUT2D eigenvalue weighted by Gasteiger charge is 2.20. The van der Waals surface area contributed by atoms with Crippen LogP contribution >= 0.6 is 11.3 Å². The smallest absolute Gasteiger partial charge is 0.205 e. The second kappa shape index (κ2) is 6.28. The van der Waals surface area contributed by atoms with E-state index in [2.05, 4.69) is 34.3 Å². The molecule has 1 aromatic rings. The molecule has 96 valence electrons. The van der Waals surface area contributed by atoms with E-state index in [1.54, 1.807) is 11.3 Å². The quantitative estimate of drug-likeness (QED) is 0.867. The number of nitrogens with one attached hydrogen (secondary N) is 1. The summed E-state index contributed by atoms with van der Waals surface area (Å²) in [6.45, 7) is 8.85. The van der Waals surface area contributed by atoms with E-state index in [0.29, 0.717) is 6.10 Å². The fraction of sp³-hybridized carbons (Fsp3) is 0.818. The predicted molar refractivity (Wildman–Crippen MR) is 69.4 cm³/mol. The lowest BCUT2D eigenvalue weighted by Gasteiger charge is -2.31. The molecule has 0 amide bonds. The first-order valence-corrected chi connectivity index (χ1v) is 7.03. The average Bonchev–Trinajstić information content (AvgIpc) is 2.77. The Kier molecular flexibility index (Phi) is 4.70. The first-order valence-electron chi connectivity index (χ1n) is 6.22. The van der Waals surface area contributed by atoms with Crippen LogP contribution in [0.1, 0.15) is 25.3 Å². The molecule has 1 aliphatic rings. The molecule has 1 saturated heterocycles. The Morgan fingerprint density at radius 2 is 2.35 bits per heavy atom. The molecule has 0 spiro atoms. The van der Waals surface area contributed by atoms with Crippen molar-refractivity contribution in [2.45, 2.75) is 32.9 Å². The van der Waals surface area contributed by atoms with Crippen LogP contribution in [0.15, 0.2) is 0 Å². The van der Waals surface area contributed by atoms with E-state index in [1.165, 1.54) is 0 Å². The van der Waals surface area contributed by atoms with Crippen LogP contribution in [0.2, 0.25) is 0 Å². The molecule has 1 N–H and O–H groups in total. The van der Waals surface area contributed by atoms with Gasteiger partial charge in [-0.05, 0) is 13.3 Å². The predicted octanol–water partition coefficient (Wildman–Crippen LogP) is 1.58. The van der Waals surface area contributed by atoms with Crippen molar-refractivity contribution in [1.82, 2.24) is 15.1 Å². The van der Waals surface area contributed by atoms with Crippen molar-refractivity contribution in [3.8, 4) is 0 Å². The summed E-state index contributed by atoms with van der Waals surface area (Å²) < 4.78 is 5.65. The zero-order valence-electron chi connectivity index (χ0n) is 10.5. The first kappa shape index (κ1) is 12.7. The summed E-state index contributed by atoms with van der Waals surface area (Å²) in [6.07, 6.45) is 1.46. The van der Waals surface area contributed by atoms with Crippen molar-refractivity contribution in [3.05, 3.63) is 5.01 Å². The van der Waals surface area contributed by atoms with Crippen molar-refractivity contribution in [1.29, 1.82) is 0 Å². The van der Waals surface area contributed by atoms with Crippen molar-refractivity contribution in [2.75, 3.05) is 31.6 Å². The molecule has 17 heavy (non-hydrogen) atoms. The molecule has 1 aliphatic heterocycles. The van der Waals surface area contributed by atoms with Gasteiger partial charge in [0.25, 0.3) is 0 Å². The number of hydrogen-bond acceptors (Lipinski definition) is 6. The molecule has 0 aliphatic carbocycles. The lowest BCUT2D eigenvalue weighted by molar-refractivity contribution is -0.0325. The van der Waals surface area contributed by atoms with Crippen LogP contribution in [-0.2, 0) is 11.3 Å². The minimum Gasteiger partial charge on any atom is -0.376 e.